The third-order valence-corrected chi connectivity index (χ3v) is 4.32. The summed E-state index contributed by atoms with van der Waals surface area (Å²) in [5.41, 5.74) is 2.44. The van der Waals surface area contributed by atoms with Gasteiger partial charge in [0.15, 0.2) is 0 Å². The van der Waals surface area contributed by atoms with E-state index in [4.69, 9.17) is 0 Å². The summed E-state index contributed by atoms with van der Waals surface area (Å²) >= 11 is 3.35. The van der Waals surface area contributed by atoms with Gasteiger partial charge in [-0.25, -0.2) is 4.68 Å². The number of amides is 2. The van der Waals surface area contributed by atoms with Crippen molar-refractivity contribution in [3.05, 3.63) is 82.6 Å². The average molecular weight is 427 g/mol. The van der Waals surface area contributed by atoms with E-state index in [9.17, 15) is 9.59 Å². The summed E-state index contributed by atoms with van der Waals surface area (Å²) in [6.45, 7) is 0.770. The smallest absolute Gasteiger partial charge is 0.251 e. The minimum atomic E-state index is -0.209. The fourth-order valence-corrected chi connectivity index (χ4v) is 2.77. The van der Waals surface area contributed by atoms with Crippen molar-refractivity contribution in [1.29, 1.82) is 0 Å². The molecule has 0 radical (unpaired) electrons. The second-order valence-corrected chi connectivity index (χ2v) is 6.83. The lowest BCUT2D eigenvalue weighted by Gasteiger charge is -2.08. The van der Waals surface area contributed by atoms with Gasteiger partial charge in [0.1, 0.15) is 0 Å². The van der Waals surface area contributed by atoms with Crippen LogP contribution in [0.3, 0.4) is 0 Å². The van der Waals surface area contributed by atoms with E-state index in [0.717, 1.165) is 15.7 Å². The first-order chi connectivity index (χ1) is 13.1. The molecule has 2 amide bonds. The molecule has 0 unspecified atom stereocenters. The number of benzene rings is 2. The lowest BCUT2D eigenvalue weighted by Crippen LogP contribution is -2.30. The molecular formula is C20H19BrN4O2. The molecule has 1 aromatic heterocycles. The highest BCUT2D eigenvalue weighted by Crippen LogP contribution is 2.13. The summed E-state index contributed by atoms with van der Waals surface area (Å²) in [6.07, 6.45) is 3.77. The molecule has 0 bridgehead atoms. The average Bonchev–Trinajstić information content (AvgIpc) is 3.13. The summed E-state index contributed by atoms with van der Waals surface area (Å²) in [5.74, 6) is -0.308. The van der Waals surface area contributed by atoms with Crippen LogP contribution in [0.15, 0.2) is 71.5 Å². The van der Waals surface area contributed by atoms with Crippen LogP contribution in [0.25, 0.3) is 5.69 Å². The lowest BCUT2D eigenvalue weighted by atomic mass is 10.2. The van der Waals surface area contributed by atoms with Crippen molar-refractivity contribution in [2.24, 2.45) is 0 Å². The van der Waals surface area contributed by atoms with Crippen LogP contribution in [0.4, 0.5) is 0 Å². The second kappa shape index (κ2) is 9.14. The molecule has 0 atom stereocenters. The fourth-order valence-electron chi connectivity index (χ4n) is 2.48. The summed E-state index contributed by atoms with van der Waals surface area (Å²) in [4.78, 5) is 24.0. The van der Waals surface area contributed by atoms with Crippen molar-refractivity contribution in [2.45, 2.75) is 13.0 Å². The maximum Gasteiger partial charge on any atom is 0.251 e. The van der Waals surface area contributed by atoms with Crippen LogP contribution in [-0.4, -0.2) is 28.1 Å². The highest BCUT2D eigenvalue weighted by molar-refractivity contribution is 9.10. The summed E-state index contributed by atoms with van der Waals surface area (Å²) in [6, 6.07) is 16.8. The molecule has 3 aromatic rings. The van der Waals surface area contributed by atoms with E-state index in [2.05, 4.69) is 31.7 Å². The lowest BCUT2D eigenvalue weighted by molar-refractivity contribution is -0.121. The highest BCUT2D eigenvalue weighted by Gasteiger charge is 2.07. The van der Waals surface area contributed by atoms with Crippen LogP contribution in [-0.2, 0) is 11.3 Å². The predicted molar refractivity (Wildman–Crippen MR) is 107 cm³/mol. The summed E-state index contributed by atoms with van der Waals surface area (Å²) < 4.78 is 2.60. The first kappa shape index (κ1) is 18.8. The molecule has 27 heavy (non-hydrogen) atoms. The van der Waals surface area contributed by atoms with Gasteiger partial charge in [-0.05, 0) is 45.8 Å². The van der Waals surface area contributed by atoms with Crippen molar-refractivity contribution in [3.63, 3.8) is 0 Å². The highest BCUT2D eigenvalue weighted by atomic mass is 79.9. The van der Waals surface area contributed by atoms with E-state index >= 15 is 0 Å². The Kier molecular flexibility index (Phi) is 6.38. The molecule has 0 aliphatic carbocycles. The minimum Gasteiger partial charge on any atom is -0.352 e. The molecule has 0 saturated carbocycles. The van der Waals surface area contributed by atoms with Gasteiger partial charge in [-0.15, -0.1) is 0 Å². The van der Waals surface area contributed by atoms with Crippen LogP contribution in [0.5, 0.6) is 0 Å². The zero-order valence-corrected chi connectivity index (χ0v) is 16.1. The van der Waals surface area contributed by atoms with E-state index in [1.165, 1.54) is 0 Å². The molecular weight excluding hydrogens is 408 g/mol. The SMILES string of the molecule is O=C(CCNC(=O)c1ccc(-n2cc(Br)cn2)cc1)NCc1ccccc1. The molecule has 0 aliphatic heterocycles. The maximum atomic E-state index is 12.2. The third kappa shape index (κ3) is 5.52. The van der Waals surface area contributed by atoms with Gasteiger partial charge in [0.2, 0.25) is 5.91 Å². The molecule has 0 spiro atoms. The molecule has 2 N–H and O–H groups in total. The van der Waals surface area contributed by atoms with Gasteiger partial charge in [0.05, 0.1) is 16.4 Å². The quantitative estimate of drug-likeness (QED) is 0.609. The largest absolute Gasteiger partial charge is 0.352 e. The topological polar surface area (TPSA) is 76.0 Å². The van der Waals surface area contributed by atoms with Crippen LogP contribution < -0.4 is 10.6 Å². The van der Waals surface area contributed by atoms with E-state index < -0.39 is 0 Å². The van der Waals surface area contributed by atoms with E-state index in [1.807, 2.05) is 48.7 Å². The number of hydrogen-bond donors (Lipinski definition) is 2. The standard InChI is InChI=1S/C20H19BrN4O2/c21-17-13-24-25(14-17)18-8-6-16(7-9-18)20(27)22-11-10-19(26)23-12-15-4-2-1-3-5-15/h1-9,13-14H,10-12H2,(H,22,27)(H,23,26). The Morgan fingerprint density at radius 1 is 1.00 bits per heavy atom. The number of nitrogens with zero attached hydrogens (tertiary/aromatic N) is 2. The third-order valence-electron chi connectivity index (χ3n) is 3.92. The molecule has 7 heteroatoms. The number of carbonyl (C=O) groups excluding carboxylic acids is 2. The molecule has 2 aromatic carbocycles. The van der Waals surface area contributed by atoms with Crippen LogP contribution in [0.1, 0.15) is 22.3 Å². The molecule has 0 fully saturated rings. The molecule has 1 heterocycles. The fraction of sp³-hybridized carbons (Fsp3) is 0.150. The van der Waals surface area contributed by atoms with Crippen molar-refractivity contribution in [1.82, 2.24) is 20.4 Å². The number of hydrogen-bond acceptors (Lipinski definition) is 3. The Morgan fingerprint density at radius 2 is 1.74 bits per heavy atom. The molecule has 3 rings (SSSR count). The first-order valence-electron chi connectivity index (χ1n) is 8.51. The zero-order valence-electron chi connectivity index (χ0n) is 14.6. The molecule has 138 valence electrons. The summed E-state index contributed by atoms with van der Waals surface area (Å²) in [7, 11) is 0. The molecule has 6 nitrogen and oxygen atoms in total. The Morgan fingerprint density at radius 3 is 2.41 bits per heavy atom. The molecule has 0 aliphatic rings. The second-order valence-electron chi connectivity index (χ2n) is 5.92. The van der Waals surface area contributed by atoms with Crippen molar-refractivity contribution >= 4 is 27.7 Å². The Labute approximate surface area is 165 Å². The number of nitrogens with one attached hydrogen (secondary N) is 2. The Hall–Kier alpha value is -2.93. The van der Waals surface area contributed by atoms with Gasteiger partial charge in [-0.2, -0.15) is 5.10 Å². The number of aromatic nitrogens is 2. The van der Waals surface area contributed by atoms with E-state index in [1.54, 1.807) is 23.0 Å². The van der Waals surface area contributed by atoms with Crippen LogP contribution in [0.2, 0.25) is 0 Å². The van der Waals surface area contributed by atoms with Crippen molar-refractivity contribution in [2.75, 3.05) is 6.54 Å². The van der Waals surface area contributed by atoms with Gasteiger partial charge < -0.3 is 10.6 Å². The van der Waals surface area contributed by atoms with Crippen LogP contribution in [0, 0.1) is 0 Å². The summed E-state index contributed by atoms with van der Waals surface area (Å²) in [5, 5.41) is 9.79. The van der Waals surface area contributed by atoms with Gasteiger partial charge in [0, 0.05) is 31.3 Å². The van der Waals surface area contributed by atoms with Gasteiger partial charge in [-0.1, -0.05) is 30.3 Å². The zero-order chi connectivity index (χ0) is 19.1. The number of rotatable bonds is 7. The van der Waals surface area contributed by atoms with E-state index in [-0.39, 0.29) is 24.8 Å². The normalized spacial score (nSPS) is 10.4. The minimum absolute atomic E-state index is 0.0984. The molecule has 0 saturated heterocycles. The maximum absolute atomic E-state index is 12.2. The van der Waals surface area contributed by atoms with Crippen molar-refractivity contribution < 1.29 is 9.59 Å². The Balaban J connectivity index is 1.43. The van der Waals surface area contributed by atoms with Crippen LogP contribution >= 0.6 is 15.9 Å². The Bertz CT molecular complexity index is 907. The van der Waals surface area contributed by atoms with E-state index in [0.29, 0.717) is 12.1 Å². The van der Waals surface area contributed by atoms with Gasteiger partial charge in [0.25, 0.3) is 5.91 Å². The monoisotopic (exact) mass is 426 g/mol. The van der Waals surface area contributed by atoms with Gasteiger partial charge >= 0.3 is 0 Å². The predicted octanol–water partition coefficient (Wildman–Crippen LogP) is 3.07. The van der Waals surface area contributed by atoms with Gasteiger partial charge in [-0.3, -0.25) is 9.59 Å². The number of halogens is 1. The first-order valence-corrected chi connectivity index (χ1v) is 9.30. The number of carbonyl (C=O) groups is 2. The van der Waals surface area contributed by atoms with Crippen molar-refractivity contribution in [3.8, 4) is 5.69 Å².